The van der Waals surface area contributed by atoms with Crippen molar-refractivity contribution in [3.8, 4) is 0 Å². The molecule has 0 radical (unpaired) electrons. The third-order valence-corrected chi connectivity index (χ3v) is 4.72. The molecule has 0 aliphatic heterocycles. The Hall–Kier alpha value is -1.84. The van der Waals surface area contributed by atoms with Crippen molar-refractivity contribution in [2.45, 2.75) is 77.3 Å². The highest BCUT2D eigenvalue weighted by Gasteiger charge is 2.20. The summed E-state index contributed by atoms with van der Waals surface area (Å²) in [4.78, 5) is 24.0. The summed E-state index contributed by atoms with van der Waals surface area (Å²) in [5, 5.41) is 6.09. The van der Waals surface area contributed by atoms with E-state index in [0.29, 0.717) is 6.42 Å². The molecule has 4 nitrogen and oxygen atoms in total. The first-order valence-electron chi connectivity index (χ1n) is 9.17. The number of hydrogen-bond donors (Lipinski definition) is 2. The van der Waals surface area contributed by atoms with Gasteiger partial charge < -0.3 is 10.6 Å². The predicted octanol–water partition coefficient (Wildman–Crippen LogP) is 3.79. The molecule has 1 aliphatic rings. The van der Waals surface area contributed by atoms with Crippen LogP contribution in [-0.2, 0) is 9.59 Å². The Bertz CT molecular complexity index is 531. The third kappa shape index (κ3) is 6.34. The Morgan fingerprint density at radius 2 is 1.62 bits per heavy atom. The fraction of sp³-hybridized carbons (Fsp3) is 0.600. The maximum absolute atomic E-state index is 12.5. The smallest absolute Gasteiger partial charge is 0.222 e. The molecule has 1 aliphatic carbocycles. The zero-order valence-corrected chi connectivity index (χ0v) is 14.9. The molecule has 1 saturated carbocycles. The van der Waals surface area contributed by atoms with E-state index in [1.54, 1.807) is 0 Å². The number of aryl methyl sites for hydroxylation is 1. The van der Waals surface area contributed by atoms with Gasteiger partial charge in [-0.05, 0) is 25.3 Å². The summed E-state index contributed by atoms with van der Waals surface area (Å²) in [6.45, 7) is 3.52. The zero-order chi connectivity index (χ0) is 17.4. The molecule has 0 aromatic heterocycles. The lowest BCUT2D eigenvalue weighted by molar-refractivity contribution is -0.123. The molecule has 0 saturated heterocycles. The number of carbonyl (C=O) groups excluding carboxylic acids is 2. The number of rotatable bonds is 5. The Morgan fingerprint density at radius 1 is 1.04 bits per heavy atom. The number of benzene rings is 1. The van der Waals surface area contributed by atoms with Crippen LogP contribution < -0.4 is 10.6 Å². The lowest BCUT2D eigenvalue weighted by atomic mass is 9.96. The Morgan fingerprint density at radius 3 is 2.21 bits per heavy atom. The van der Waals surface area contributed by atoms with Gasteiger partial charge in [0.2, 0.25) is 11.8 Å². The average molecular weight is 330 g/mol. The second-order valence-electron chi connectivity index (χ2n) is 6.98. The highest BCUT2D eigenvalue weighted by Crippen LogP contribution is 2.20. The Kier molecular flexibility index (Phi) is 7.29. The summed E-state index contributed by atoms with van der Waals surface area (Å²) < 4.78 is 0. The van der Waals surface area contributed by atoms with Crippen molar-refractivity contribution in [2.24, 2.45) is 0 Å². The number of hydrogen-bond acceptors (Lipinski definition) is 2. The Labute approximate surface area is 145 Å². The van der Waals surface area contributed by atoms with E-state index in [9.17, 15) is 9.59 Å². The lowest BCUT2D eigenvalue weighted by Crippen LogP contribution is -2.38. The highest BCUT2D eigenvalue weighted by atomic mass is 16.2. The van der Waals surface area contributed by atoms with Gasteiger partial charge >= 0.3 is 0 Å². The van der Waals surface area contributed by atoms with Crippen LogP contribution >= 0.6 is 0 Å². The van der Waals surface area contributed by atoms with E-state index in [0.717, 1.165) is 18.4 Å². The van der Waals surface area contributed by atoms with Gasteiger partial charge in [-0.2, -0.15) is 0 Å². The normalized spacial score (nSPS) is 17.4. The van der Waals surface area contributed by atoms with E-state index < -0.39 is 0 Å². The highest BCUT2D eigenvalue weighted by molar-refractivity contribution is 5.79. The van der Waals surface area contributed by atoms with Crippen LogP contribution in [0.5, 0.6) is 0 Å². The molecule has 1 aromatic rings. The van der Waals surface area contributed by atoms with Crippen molar-refractivity contribution < 1.29 is 9.59 Å². The first kappa shape index (κ1) is 18.5. The molecule has 1 fully saturated rings. The van der Waals surface area contributed by atoms with Crippen LogP contribution in [0.15, 0.2) is 24.3 Å². The van der Waals surface area contributed by atoms with Crippen LogP contribution in [0.3, 0.4) is 0 Å². The van der Waals surface area contributed by atoms with E-state index in [4.69, 9.17) is 0 Å². The molecule has 24 heavy (non-hydrogen) atoms. The van der Waals surface area contributed by atoms with Crippen LogP contribution in [0.25, 0.3) is 0 Å². The van der Waals surface area contributed by atoms with Gasteiger partial charge in [0.25, 0.3) is 0 Å². The van der Waals surface area contributed by atoms with Gasteiger partial charge in [0.05, 0.1) is 12.5 Å². The first-order valence-corrected chi connectivity index (χ1v) is 9.17. The average Bonchev–Trinajstić information content (AvgIpc) is 2.49. The van der Waals surface area contributed by atoms with E-state index in [1.807, 2.05) is 31.2 Å². The van der Waals surface area contributed by atoms with E-state index in [1.165, 1.54) is 44.6 Å². The molecule has 0 heterocycles. The fourth-order valence-electron chi connectivity index (χ4n) is 3.37. The van der Waals surface area contributed by atoms with Crippen molar-refractivity contribution in [1.29, 1.82) is 0 Å². The number of amides is 2. The molecular formula is C20H30N2O2. The minimum atomic E-state index is -0.267. The largest absolute Gasteiger partial charge is 0.353 e. The molecule has 2 rings (SSSR count). The van der Waals surface area contributed by atoms with Gasteiger partial charge in [-0.25, -0.2) is 0 Å². The fourth-order valence-corrected chi connectivity index (χ4v) is 3.37. The molecule has 2 N–H and O–H groups in total. The van der Waals surface area contributed by atoms with Crippen molar-refractivity contribution in [3.05, 3.63) is 35.4 Å². The monoisotopic (exact) mass is 330 g/mol. The van der Waals surface area contributed by atoms with Gasteiger partial charge in [0.1, 0.15) is 0 Å². The predicted molar refractivity (Wildman–Crippen MR) is 96.6 cm³/mol. The van der Waals surface area contributed by atoms with Crippen molar-refractivity contribution in [3.63, 3.8) is 0 Å². The van der Waals surface area contributed by atoms with Gasteiger partial charge in [0, 0.05) is 13.0 Å². The number of carbonyl (C=O) groups is 2. The van der Waals surface area contributed by atoms with E-state index >= 15 is 0 Å². The summed E-state index contributed by atoms with van der Waals surface area (Å²) in [6, 6.07) is 8.01. The summed E-state index contributed by atoms with van der Waals surface area (Å²) in [5.74, 6) is -0.0840. The molecule has 1 unspecified atom stereocenters. The van der Waals surface area contributed by atoms with Crippen molar-refractivity contribution >= 4 is 11.8 Å². The second-order valence-corrected chi connectivity index (χ2v) is 6.98. The summed E-state index contributed by atoms with van der Waals surface area (Å²) in [6.07, 6.45) is 8.67. The van der Waals surface area contributed by atoms with Gasteiger partial charge in [-0.3, -0.25) is 9.59 Å². The molecule has 1 aromatic carbocycles. The molecule has 0 bridgehead atoms. The molecular weight excluding hydrogens is 300 g/mol. The zero-order valence-electron chi connectivity index (χ0n) is 14.9. The van der Waals surface area contributed by atoms with E-state index in [2.05, 4.69) is 10.6 Å². The summed E-state index contributed by atoms with van der Waals surface area (Å²) in [7, 11) is 0. The summed E-state index contributed by atoms with van der Waals surface area (Å²) >= 11 is 0. The maximum Gasteiger partial charge on any atom is 0.222 e. The third-order valence-electron chi connectivity index (χ3n) is 4.72. The van der Waals surface area contributed by atoms with Crippen LogP contribution in [-0.4, -0.2) is 17.9 Å². The molecule has 4 heteroatoms. The molecule has 2 amide bonds. The molecule has 0 spiro atoms. The van der Waals surface area contributed by atoms with E-state index in [-0.39, 0.29) is 23.9 Å². The van der Waals surface area contributed by atoms with Crippen LogP contribution in [0.2, 0.25) is 0 Å². The first-order chi connectivity index (χ1) is 11.5. The molecule has 1 atom stereocenters. The second kappa shape index (κ2) is 9.45. The number of nitrogens with one attached hydrogen (secondary N) is 2. The lowest BCUT2D eigenvalue weighted by Gasteiger charge is -2.23. The quantitative estimate of drug-likeness (QED) is 0.863. The van der Waals surface area contributed by atoms with Gasteiger partial charge in [0.15, 0.2) is 0 Å². The van der Waals surface area contributed by atoms with Crippen LogP contribution in [0, 0.1) is 6.92 Å². The van der Waals surface area contributed by atoms with Crippen LogP contribution in [0.1, 0.15) is 75.5 Å². The summed E-state index contributed by atoms with van der Waals surface area (Å²) in [5.41, 5.74) is 2.14. The Balaban J connectivity index is 1.95. The van der Waals surface area contributed by atoms with Gasteiger partial charge in [-0.15, -0.1) is 0 Å². The van der Waals surface area contributed by atoms with Crippen LogP contribution in [0.4, 0.5) is 0 Å². The SMILES string of the molecule is CC(=O)NC(CC(=O)NC1CCCCCCC1)c1ccc(C)cc1. The minimum absolute atomic E-state index is 0.0277. The maximum atomic E-state index is 12.5. The topological polar surface area (TPSA) is 58.2 Å². The molecule has 132 valence electrons. The minimum Gasteiger partial charge on any atom is -0.353 e. The standard InChI is InChI=1S/C20H30N2O2/c1-15-10-12-17(13-11-15)19(21-16(2)23)14-20(24)22-18-8-6-4-3-5-7-9-18/h10-13,18-19H,3-9,14H2,1-2H3,(H,21,23)(H,22,24). The van der Waals surface area contributed by atoms with Crippen molar-refractivity contribution in [2.75, 3.05) is 0 Å². The van der Waals surface area contributed by atoms with Gasteiger partial charge in [-0.1, -0.05) is 61.9 Å². The van der Waals surface area contributed by atoms with Crippen molar-refractivity contribution in [1.82, 2.24) is 10.6 Å².